The normalized spacial score (nSPS) is 10.9. The number of H-pyrrole nitrogens is 1. The van der Waals surface area contributed by atoms with Gasteiger partial charge in [0.1, 0.15) is 5.82 Å². The van der Waals surface area contributed by atoms with Crippen LogP contribution >= 0.6 is 15.9 Å². The Morgan fingerprint density at radius 3 is 3.00 bits per heavy atom. The van der Waals surface area contributed by atoms with E-state index in [0.717, 1.165) is 16.5 Å². The molecule has 0 aliphatic heterocycles. The summed E-state index contributed by atoms with van der Waals surface area (Å²) in [6.07, 6.45) is 1.81. The number of benzene rings is 1. The van der Waals surface area contributed by atoms with Crippen molar-refractivity contribution in [1.29, 1.82) is 0 Å². The molecule has 1 nitrogen and oxygen atoms in total. The highest BCUT2D eigenvalue weighted by Crippen LogP contribution is 2.27. The average Bonchev–Trinajstić information content (AvgIpc) is 2.48. The lowest BCUT2D eigenvalue weighted by Crippen LogP contribution is -1.84. The van der Waals surface area contributed by atoms with Gasteiger partial charge in [0, 0.05) is 17.1 Å². The second-order valence-corrected chi connectivity index (χ2v) is 3.53. The van der Waals surface area contributed by atoms with Gasteiger partial charge < -0.3 is 4.98 Å². The molecule has 0 spiro atoms. The maximum Gasteiger partial charge on any atom is 0.138 e. The van der Waals surface area contributed by atoms with Gasteiger partial charge in [0.05, 0.1) is 4.47 Å². The fraction of sp³-hybridized carbons (Fsp3) is 0.111. The Morgan fingerprint density at radius 1 is 1.50 bits per heavy atom. The first-order chi connectivity index (χ1) is 5.70. The van der Waals surface area contributed by atoms with Gasteiger partial charge in [-0.3, -0.25) is 0 Å². The molecule has 0 atom stereocenters. The molecule has 2 rings (SSSR count). The minimum atomic E-state index is -0.209. The van der Waals surface area contributed by atoms with Crippen molar-refractivity contribution in [3.8, 4) is 0 Å². The van der Waals surface area contributed by atoms with Crippen LogP contribution in [0.15, 0.2) is 22.8 Å². The van der Waals surface area contributed by atoms with Crippen molar-refractivity contribution >= 4 is 26.8 Å². The van der Waals surface area contributed by atoms with Crippen LogP contribution in [0.5, 0.6) is 0 Å². The van der Waals surface area contributed by atoms with Crippen molar-refractivity contribution in [1.82, 2.24) is 4.98 Å². The molecule has 12 heavy (non-hydrogen) atoms. The van der Waals surface area contributed by atoms with Crippen LogP contribution in [0.2, 0.25) is 0 Å². The summed E-state index contributed by atoms with van der Waals surface area (Å²) in [6.45, 7) is 1.88. The lowest BCUT2D eigenvalue weighted by molar-refractivity contribution is 0.622. The predicted octanol–water partition coefficient (Wildman–Crippen LogP) is 3.38. The predicted molar refractivity (Wildman–Crippen MR) is 50.7 cm³/mol. The molecule has 0 unspecified atom stereocenters. The summed E-state index contributed by atoms with van der Waals surface area (Å²) >= 11 is 3.19. The highest BCUT2D eigenvalue weighted by molar-refractivity contribution is 9.10. The highest BCUT2D eigenvalue weighted by Gasteiger charge is 2.07. The van der Waals surface area contributed by atoms with Crippen molar-refractivity contribution in [2.45, 2.75) is 6.92 Å². The van der Waals surface area contributed by atoms with Gasteiger partial charge in [0.15, 0.2) is 0 Å². The Labute approximate surface area is 77.7 Å². The number of aryl methyl sites for hydroxylation is 1. The molecule has 0 saturated heterocycles. The summed E-state index contributed by atoms with van der Waals surface area (Å²) in [5.74, 6) is -0.209. The van der Waals surface area contributed by atoms with Crippen molar-refractivity contribution < 1.29 is 4.39 Å². The lowest BCUT2D eigenvalue weighted by atomic mass is 10.1. The molecule has 0 radical (unpaired) electrons. The van der Waals surface area contributed by atoms with E-state index < -0.39 is 0 Å². The molecule has 0 fully saturated rings. The number of halogens is 2. The zero-order valence-electron chi connectivity index (χ0n) is 6.49. The van der Waals surface area contributed by atoms with Gasteiger partial charge in [-0.1, -0.05) is 0 Å². The van der Waals surface area contributed by atoms with Crippen LogP contribution in [0.25, 0.3) is 10.9 Å². The summed E-state index contributed by atoms with van der Waals surface area (Å²) in [4.78, 5) is 3.06. The van der Waals surface area contributed by atoms with E-state index in [-0.39, 0.29) is 5.82 Å². The van der Waals surface area contributed by atoms with Crippen molar-refractivity contribution in [3.63, 3.8) is 0 Å². The topological polar surface area (TPSA) is 15.8 Å². The number of rotatable bonds is 0. The number of aromatic amines is 1. The lowest BCUT2D eigenvalue weighted by Gasteiger charge is -2.00. The van der Waals surface area contributed by atoms with Gasteiger partial charge >= 0.3 is 0 Å². The van der Waals surface area contributed by atoms with E-state index >= 15 is 0 Å². The van der Waals surface area contributed by atoms with Gasteiger partial charge in [0.25, 0.3) is 0 Å². The third-order valence-corrected chi connectivity index (χ3v) is 2.95. The smallest absolute Gasteiger partial charge is 0.138 e. The Kier molecular flexibility index (Phi) is 1.68. The molecule has 0 amide bonds. The summed E-state index contributed by atoms with van der Waals surface area (Å²) < 4.78 is 13.7. The number of aromatic nitrogens is 1. The number of nitrogens with one attached hydrogen (secondary N) is 1. The van der Waals surface area contributed by atoms with E-state index in [1.807, 2.05) is 19.2 Å². The largest absolute Gasteiger partial charge is 0.361 e. The number of hydrogen-bond donors (Lipinski definition) is 1. The zero-order valence-corrected chi connectivity index (χ0v) is 8.07. The van der Waals surface area contributed by atoms with Gasteiger partial charge in [-0.2, -0.15) is 0 Å². The van der Waals surface area contributed by atoms with Crippen LogP contribution in [-0.2, 0) is 0 Å². The fourth-order valence-corrected chi connectivity index (χ4v) is 1.63. The maximum atomic E-state index is 13.1. The minimum Gasteiger partial charge on any atom is -0.361 e. The first kappa shape index (κ1) is 7.80. The molecular formula is C9H7BrFN. The zero-order chi connectivity index (χ0) is 8.72. The van der Waals surface area contributed by atoms with Crippen LogP contribution in [0.1, 0.15) is 5.56 Å². The summed E-state index contributed by atoms with van der Waals surface area (Å²) in [6, 6.07) is 3.38. The molecule has 0 bridgehead atoms. The van der Waals surface area contributed by atoms with E-state index in [9.17, 15) is 4.39 Å². The molecule has 1 heterocycles. The van der Waals surface area contributed by atoms with Gasteiger partial charge in [-0.25, -0.2) is 4.39 Å². The fourth-order valence-electron chi connectivity index (χ4n) is 1.32. The van der Waals surface area contributed by atoms with Gasteiger partial charge in [-0.05, 0) is 40.5 Å². The molecule has 3 heteroatoms. The van der Waals surface area contributed by atoms with Gasteiger partial charge in [0.2, 0.25) is 0 Å². The molecule has 1 aromatic carbocycles. The Morgan fingerprint density at radius 2 is 2.25 bits per heavy atom. The Hall–Kier alpha value is -0.830. The maximum absolute atomic E-state index is 13.1. The van der Waals surface area contributed by atoms with Crippen LogP contribution < -0.4 is 0 Å². The van der Waals surface area contributed by atoms with Crippen LogP contribution in [0.3, 0.4) is 0 Å². The molecule has 1 N–H and O–H groups in total. The van der Waals surface area contributed by atoms with Crippen molar-refractivity contribution in [2.24, 2.45) is 0 Å². The molecule has 0 aliphatic carbocycles. The minimum absolute atomic E-state index is 0.209. The van der Waals surface area contributed by atoms with Crippen molar-refractivity contribution in [3.05, 3.63) is 34.2 Å². The molecule has 0 saturated carbocycles. The first-order valence-corrected chi connectivity index (χ1v) is 4.41. The third-order valence-electron chi connectivity index (χ3n) is 1.98. The standard InChI is InChI=1S/C9H7BrFN/c1-5-8(10)7(11)4-6-2-3-12-9(5)6/h2-4,12H,1H3. The Balaban J connectivity index is 2.94. The first-order valence-electron chi connectivity index (χ1n) is 3.62. The van der Waals surface area contributed by atoms with Crippen LogP contribution in [-0.4, -0.2) is 4.98 Å². The van der Waals surface area contributed by atoms with E-state index in [1.54, 1.807) is 0 Å². The Bertz CT molecular complexity index is 433. The average molecular weight is 228 g/mol. The van der Waals surface area contributed by atoms with E-state index in [1.165, 1.54) is 6.07 Å². The van der Waals surface area contributed by atoms with Crippen molar-refractivity contribution in [2.75, 3.05) is 0 Å². The molecule has 0 aliphatic rings. The second kappa shape index (κ2) is 2.59. The van der Waals surface area contributed by atoms with Crippen LogP contribution in [0.4, 0.5) is 4.39 Å². The number of fused-ring (bicyclic) bond motifs is 1. The summed E-state index contributed by atoms with van der Waals surface area (Å²) in [5.41, 5.74) is 1.90. The highest BCUT2D eigenvalue weighted by atomic mass is 79.9. The molecule has 2 aromatic rings. The van der Waals surface area contributed by atoms with Gasteiger partial charge in [-0.15, -0.1) is 0 Å². The van der Waals surface area contributed by atoms with E-state index in [0.29, 0.717) is 4.47 Å². The second-order valence-electron chi connectivity index (χ2n) is 2.74. The van der Waals surface area contributed by atoms with Crippen LogP contribution in [0, 0.1) is 12.7 Å². The molecular weight excluding hydrogens is 221 g/mol. The molecule has 62 valence electrons. The molecule has 1 aromatic heterocycles. The third kappa shape index (κ3) is 0.966. The van der Waals surface area contributed by atoms with E-state index in [4.69, 9.17) is 0 Å². The van der Waals surface area contributed by atoms with E-state index in [2.05, 4.69) is 20.9 Å². The monoisotopic (exact) mass is 227 g/mol. The number of hydrogen-bond acceptors (Lipinski definition) is 0. The summed E-state index contributed by atoms with van der Waals surface area (Å²) in [7, 11) is 0. The quantitative estimate of drug-likeness (QED) is 0.711. The summed E-state index contributed by atoms with van der Waals surface area (Å²) in [5, 5.41) is 0.910. The SMILES string of the molecule is Cc1c(Br)c(F)cc2cc[nH]c12.